The second-order valence-electron chi connectivity index (χ2n) is 5.81. The van der Waals surface area contributed by atoms with Gasteiger partial charge >= 0.3 is 0 Å². The smallest absolute Gasteiger partial charge is 0.0609 e. The first-order valence-corrected chi connectivity index (χ1v) is 6.49. The molecular formula is C13H28N2O. The number of aliphatic hydroxyl groups is 1. The van der Waals surface area contributed by atoms with Gasteiger partial charge in [0.15, 0.2) is 0 Å². The molecular weight excluding hydrogens is 200 g/mol. The van der Waals surface area contributed by atoms with Gasteiger partial charge in [0.05, 0.1) is 6.61 Å². The highest BCUT2D eigenvalue weighted by Gasteiger charge is 2.24. The first-order chi connectivity index (χ1) is 7.47. The molecule has 1 aliphatic rings. The Morgan fingerprint density at radius 1 is 1.38 bits per heavy atom. The number of hydrogen-bond acceptors (Lipinski definition) is 3. The zero-order valence-electron chi connectivity index (χ0n) is 11.4. The van der Waals surface area contributed by atoms with Crippen LogP contribution in [-0.4, -0.2) is 60.3 Å². The minimum absolute atomic E-state index is 0.0900. The Balaban J connectivity index is 2.33. The van der Waals surface area contributed by atoms with E-state index in [0.717, 1.165) is 12.6 Å². The molecule has 1 heterocycles. The van der Waals surface area contributed by atoms with E-state index >= 15 is 0 Å². The Hall–Kier alpha value is -0.120. The summed E-state index contributed by atoms with van der Waals surface area (Å²) in [7, 11) is 4.35. The van der Waals surface area contributed by atoms with Crippen LogP contribution in [0.3, 0.4) is 0 Å². The lowest BCUT2D eigenvalue weighted by Gasteiger charge is -2.37. The first-order valence-electron chi connectivity index (χ1n) is 6.49. The second kappa shape index (κ2) is 5.99. The van der Waals surface area contributed by atoms with Crippen LogP contribution in [0.4, 0.5) is 0 Å². The van der Waals surface area contributed by atoms with Gasteiger partial charge in [0, 0.05) is 11.6 Å². The molecule has 1 aliphatic heterocycles. The molecule has 0 aromatic rings. The van der Waals surface area contributed by atoms with Crippen LogP contribution in [0.2, 0.25) is 0 Å². The monoisotopic (exact) mass is 228 g/mol. The summed E-state index contributed by atoms with van der Waals surface area (Å²) >= 11 is 0. The maximum Gasteiger partial charge on any atom is 0.0609 e. The van der Waals surface area contributed by atoms with E-state index in [1.807, 2.05) is 0 Å². The number of hydrogen-bond donors (Lipinski definition) is 1. The average molecular weight is 228 g/mol. The predicted molar refractivity (Wildman–Crippen MR) is 68.7 cm³/mol. The van der Waals surface area contributed by atoms with Crippen molar-refractivity contribution < 1.29 is 5.11 Å². The zero-order chi connectivity index (χ0) is 12.2. The van der Waals surface area contributed by atoms with E-state index in [1.54, 1.807) is 0 Å². The van der Waals surface area contributed by atoms with Crippen molar-refractivity contribution in [3.05, 3.63) is 0 Å². The minimum Gasteiger partial charge on any atom is -0.394 e. The van der Waals surface area contributed by atoms with Crippen molar-refractivity contribution in [2.75, 3.05) is 33.8 Å². The summed E-state index contributed by atoms with van der Waals surface area (Å²) in [6.07, 6.45) is 5.29. The number of piperidine rings is 1. The highest BCUT2D eigenvalue weighted by atomic mass is 16.3. The van der Waals surface area contributed by atoms with Crippen molar-refractivity contribution in [2.24, 2.45) is 0 Å². The van der Waals surface area contributed by atoms with Gasteiger partial charge in [0.1, 0.15) is 0 Å². The van der Waals surface area contributed by atoms with Crippen LogP contribution in [0.1, 0.15) is 39.5 Å². The van der Waals surface area contributed by atoms with Crippen molar-refractivity contribution in [1.29, 1.82) is 0 Å². The molecule has 0 spiro atoms. The third-order valence-electron chi connectivity index (χ3n) is 4.14. The van der Waals surface area contributed by atoms with E-state index in [-0.39, 0.29) is 12.1 Å². The molecule has 1 unspecified atom stereocenters. The zero-order valence-corrected chi connectivity index (χ0v) is 11.4. The molecule has 0 aromatic carbocycles. The largest absolute Gasteiger partial charge is 0.394 e. The molecule has 1 atom stereocenters. The first kappa shape index (κ1) is 13.9. The topological polar surface area (TPSA) is 26.7 Å². The molecule has 0 aromatic heterocycles. The van der Waals surface area contributed by atoms with Gasteiger partial charge in [-0.2, -0.15) is 0 Å². The van der Waals surface area contributed by atoms with E-state index in [1.165, 1.54) is 32.2 Å². The molecule has 0 bridgehead atoms. The van der Waals surface area contributed by atoms with Crippen LogP contribution in [-0.2, 0) is 0 Å². The molecule has 0 radical (unpaired) electrons. The molecule has 16 heavy (non-hydrogen) atoms. The molecule has 0 amide bonds. The Kier molecular flexibility index (Phi) is 5.22. The number of likely N-dealkylation sites (N-methyl/N-ethyl adjacent to an activating group) is 1. The van der Waals surface area contributed by atoms with E-state index in [2.05, 4.69) is 37.7 Å². The van der Waals surface area contributed by atoms with E-state index < -0.39 is 0 Å². The fourth-order valence-electron chi connectivity index (χ4n) is 2.27. The van der Waals surface area contributed by atoms with Crippen molar-refractivity contribution in [1.82, 2.24) is 9.80 Å². The Labute approximate surface area is 100 Å². The number of aliphatic hydroxyl groups excluding tert-OH is 1. The van der Waals surface area contributed by atoms with Crippen LogP contribution in [0, 0.1) is 0 Å². The standard InChI is InChI=1S/C13H28N2O/c1-13(2,11-16)15(4)10-8-12-7-5-6-9-14(12)3/h12,16H,5-11H2,1-4H3. The van der Waals surface area contributed by atoms with Gasteiger partial charge in [-0.05, 0) is 60.3 Å². The molecule has 1 rings (SSSR count). The number of likely N-dealkylation sites (tertiary alicyclic amines) is 1. The van der Waals surface area contributed by atoms with Gasteiger partial charge in [-0.15, -0.1) is 0 Å². The van der Waals surface area contributed by atoms with Gasteiger partial charge in [-0.1, -0.05) is 6.42 Å². The lowest BCUT2D eigenvalue weighted by molar-refractivity contribution is 0.0664. The van der Waals surface area contributed by atoms with Crippen LogP contribution in [0.15, 0.2) is 0 Å². The SMILES string of the molecule is CN1CCCCC1CCN(C)C(C)(C)CO. The van der Waals surface area contributed by atoms with E-state index in [4.69, 9.17) is 0 Å². The Morgan fingerprint density at radius 3 is 2.62 bits per heavy atom. The Bertz CT molecular complexity index is 204. The van der Waals surface area contributed by atoms with Crippen molar-refractivity contribution in [3.8, 4) is 0 Å². The summed E-state index contributed by atoms with van der Waals surface area (Å²) in [5.41, 5.74) is -0.0900. The van der Waals surface area contributed by atoms with Crippen molar-refractivity contribution >= 4 is 0 Å². The quantitative estimate of drug-likeness (QED) is 0.773. The summed E-state index contributed by atoms with van der Waals surface area (Å²) in [6.45, 7) is 6.74. The summed E-state index contributed by atoms with van der Waals surface area (Å²) in [6, 6.07) is 0.741. The van der Waals surface area contributed by atoms with Crippen LogP contribution in [0.25, 0.3) is 0 Å². The maximum absolute atomic E-state index is 9.30. The molecule has 96 valence electrons. The van der Waals surface area contributed by atoms with Gasteiger partial charge in [0.25, 0.3) is 0 Å². The van der Waals surface area contributed by atoms with E-state index in [0.29, 0.717) is 0 Å². The second-order valence-corrected chi connectivity index (χ2v) is 5.81. The summed E-state index contributed by atoms with van der Waals surface area (Å²) < 4.78 is 0. The normalized spacial score (nSPS) is 24.0. The molecule has 0 aliphatic carbocycles. The van der Waals surface area contributed by atoms with Crippen LogP contribution in [0.5, 0.6) is 0 Å². The summed E-state index contributed by atoms with van der Waals surface area (Å²) in [5.74, 6) is 0. The molecule has 1 fully saturated rings. The van der Waals surface area contributed by atoms with Gasteiger partial charge in [0.2, 0.25) is 0 Å². The molecule has 0 saturated carbocycles. The summed E-state index contributed by atoms with van der Waals surface area (Å²) in [4.78, 5) is 4.76. The van der Waals surface area contributed by atoms with Gasteiger partial charge in [-0.25, -0.2) is 0 Å². The van der Waals surface area contributed by atoms with Gasteiger partial charge in [-0.3, -0.25) is 4.90 Å². The average Bonchev–Trinajstić information content (AvgIpc) is 2.27. The van der Waals surface area contributed by atoms with Crippen molar-refractivity contribution in [2.45, 2.75) is 51.1 Å². The van der Waals surface area contributed by atoms with Crippen LogP contribution >= 0.6 is 0 Å². The highest BCUT2D eigenvalue weighted by Crippen LogP contribution is 2.19. The van der Waals surface area contributed by atoms with Crippen LogP contribution < -0.4 is 0 Å². The molecule has 1 saturated heterocycles. The third kappa shape index (κ3) is 3.72. The number of rotatable bonds is 5. The molecule has 3 heteroatoms. The fourth-order valence-corrected chi connectivity index (χ4v) is 2.27. The van der Waals surface area contributed by atoms with Gasteiger partial charge < -0.3 is 10.0 Å². The minimum atomic E-state index is -0.0900. The Morgan fingerprint density at radius 2 is 2.06 bits per heavy atom. The molecule has 3 nitrogen and oxygen atoms in total. The highest BCUT2D eigenvalue weighted by molar-refractivity contribution is 4.81. The lowest BCUT2D eigenvalue weighted by atomic mass is 9.98. The predicted octanol–water partition coefficient (Wildman–Crippen LogP) is 1.56. The van der Waals surface area contributed by atoms with E-state index in [9.17, 15) is 5.11 Å². The fraction of sp³-hybridized carbons (Fsp3) is 1.00. The summed E-state index contributed by atoms with van der Waals surface area (Å²) in [5, 5.41) is 9.30. The lowest BCUT2D eigenvalue weighted by Crippen LogP contribution is -2.46. The third-order valence-corrected chi connectivity index (χ3v) is 4.14. The molecule has 1 N–H and O–H groups in total. The van der Waals surface area contributed by atoms with Crippen molar-refractivity contribution in [3.63, 3.8) is 0 Å². The number of nitrogens with zero attached hydrogens (tertiary/aromatic N) is 2. The maximum atomic E-state index is 9.30.